The van der Waals surface area contributed by atoms with Crippen LogP contribution in [0.2, 0.25) is 0 Å². The fourth-order valence-electron chi connectivity index (χ4n) is 4.08. The molecule has 206 valence electrons. The van der Waals surface area contributed by atoms with Crippen molar-refractivity contribution in [2.24, 2.45) is 11.8 Å². The average molecular weight is 539 g/mol. The van der Waals surface area contributed by atoms with E-state index in [1.165, 1.54) is 18.0 Å². The fourth-order valence-corrected chi connectivity index (χ4v) is 4.08. The highest BCUT2D eigenvalue weighted by atomic mass is 19.1. The molecule has 1 saturated heterocycles. The molecule has 3 amide bonds. The van der Waals surface area contributed by atoms with Crippen LogP contribution in [0.5, 0.6) is 0 Å². The monoisotopic (exact) mass is 538 g/mol. The van der Waals surface area contributed by atoms with E-state index in [0.29, 0.717) is 17.4 Å². The van der Waals surface area contributed by atoms with E-state index < -0.39 is 35.4 Å². The fraction of sp³-hybridized carbons (Fsp3) is 0.357. The second-order valence-electron chi connectivity index (χ2n) is 10.2. The highest BCUT2D eigenvalue weighted by molar-refractivity contribution is 6.00. The van der Waals surface area contributed by atoms with Crippen LogP contribution in [-0.4, -0.2) is 58.7 Å². The van der Waals surface area contributed by atoms with Gasteiger partial charge in [-0.15, -0.1) is 0 Å². The van der Waals surface area contributed by atoms with Crippen molar-refractivity contribution in [2.45, 2.75) is 33.2 Å². The van der Waals surface area contributed by atoms with Gasteiger partial charge in [-0.25, -0.2) is 8.78 Å². The van der Waals surface area contributed by atoms with E-state index in [4.69, 9.17) is 5.73 Å². The van der Waals surface area contributed by atoms with Gasteiger partial charge in [0.1, 0.15) is 23.4 Å². The zero-order chi connectivity index (χ0) is 28.9. The number of anilines is 2. The van der Waals surface area contributed by atoms with Crippen LogP contribution in [0.3, 0.4) is 0 Å². The lowest BCUT2D eigenvalue weighted by atomic mass is 10.1. The molecular weight excluding hydrogens is 506 g/mol. The van der Waals surface area contributed by atoms with Gasteiger partial charge < -0.3 is 25.8 Å². The Morgan fingerprint density at radius 2 is 1.82 bits per heavy atom. The number of likely N-dealkylation sites (N-methyl/N-ethyl adjacent to an activating group) is 1. The maximum atomic E-state index is 14.0. The number of nitriles is 1. The number of nitrogens with two attached hydrogens (primary N) is 1. The molecule has 2 heterocycles. The molecule has 0 radical (unpaired) electrons. The Balaban J connectivity index is 0.000000983. The summed E-state index contributed by atoms with van der Waals surface area (Å²) in [5, 5.41) is 12.3. The van der Waals surface area contributed by atoms with E-state index in [-0.39, 0.29) is 42.0 Å². The average Bonchev–Trinajstić information content (AvgIpc) is 3.49. The molecule has 3 aromatic rings. The van der Waals surface area contributed by atoms with Crippen molar-refractivity contribution < 1.29 is 23.2 Å². The van der Waals surface area contributed by atoms with Crippen LogP contribution in [-0.2, 0) is 9.59 Å². The van der Waals surface area contributed by atoms with Gasteiger partial charge in [-0.05, 0) is 48.7 Å². The van der Waals surface area contributed by atoms with Crippen molar-refractivity contribution in [3.8, 4) is 6.07 Å². The molecule has 9 nitrogen and oxygen atoms in total. The molecular formula is C28H32F2N6O3. The highest BCUT2D eigenvalue weighted by Crippen LogP contribution is 2.26. The third-order valence-electron chi connectivity index (χ3n) is 5.92. The number of nitrogens with one attached hydrogen (secondary N) is 2. The van der Waals surface area contributed by atoms with Crippen molar-refractivity contribution >= 4 is 40.0 Å². The summed E-state index contributed by atoms with van der Waals surface area (Å²) in [5.41, 5.74) is 6.84. The molecule has 1 fully saturated rings. The van der Waals surface area contributed by atoms with Crippen molar-refractivity contribution in [1.82, 2.24) is 14.8 Å². The number of carbonyl (C=O) groups excluding carboxylic acids is 3. The van der Waals surface area contributed by atoms with Crippen LogP contribution >= 0.6 is 0 Å². The molecule has 2 unspecified atom stereocenters. The lowest BCUT2D eigenvalue weighted by Crippen LogP contribution is -2.43. The van der Waals surface area contributed by atoms with Gasteiger partial charge in [-0.1, -0.05) is 20.8 Å². The Labute approximate surface area is 225 Å². The number of halogens is 2. The van der Waals surface area contributed by atoms with Crippen LogP contribution in [0.1, 0.15) is 37.7 Å². The summed E-state index contributed by atoms with van der Waals surface area (Å²) in [6.45, 7) is 6.16. The Morgan fingerprint density at radius 3 is 2.44 bits per heavy atom. The summed E-state index contributed by atoms with van der Waals surface area (Å²) in [6, 6.07) is 10.8. The number of fused-ring (bicyclic) bond motifs is 1. The molecule has 4 N–H and O–H groups in total. The number of rotatable bonds is 5. The highest BCUT2D eigenvalue weighted by Gasteiger charge is 2.39. The molecule has 1 aromatic heterocycles. The number of amides is 3. The smallest absolute Gasteiger partial charge is 0.270 e. The van der Waals surface area contributed by atoms with Crippen molar-refractivity contribution in [3.05, 3.63) is 59.8 Å². The Hall–Kier alpha value is -4.46. The summed E-state index contributed by atoms with van der Waals surface area (Å²) in [7, 11) is 1.38. The van der Waals surface area contributed by atoms with Crippen LogP contribution in [0, 0.1) is 34.8 Å². The quantitative estimate of drug-likeness (QED) is 0.420. The van der Waals surface area contributed by atoms with Crippen LogP contribution in [0.25, 0.3) is 10.9 Å². The standard InChI is InChI=1S/C24H22F2N6O3.C4H10/c1-31(24(35)21-9-18-19(26)7-14(25)8-20(18)30-21)12-22(33)32-11-13(6-17(32)10-27)23(34)29-16-4-2-15(28)3-5-16;1-4(2)3/h2-5,7-9,13,17,30H,6,11-12,28H2,1H3,(H,29,34);4H,1-3H3. The Kier molecular flexibility index (Phi) is 9.24. The van der Waals surface area contributed by atoms with Crippen LogP contribution in [0.4, 0.5) is 20.2 Å². The largest absolute Gasteiger partial charge is 0.399 e. The number of aromatic nitrogens is 1. The summed E-state index contributed by atoms with van der Waals surface area (Å²) >= 11 is 0. The summed E-state index contributed by atoms with van der Waals surface area (Å²) in [6.07, 6.45) is 0.160. The Bertz CT molecular complexity index is 1390. The van der Waals surface area contributed by atoms with Gasteiger partial charge in [-0.3, -0.25) is 14.4 Å². The number of aromatic amines is 1. The predicted molar refractivity (Wildman–Crippen MR) is 144 cm³/mol. The van der Waals surface area contributed by atoms with E-state index in [2.05, 4.69) is 31.1 Å². The molecule has 0 spiro atoms. The van der Waals surface area contributed by atoms with Gasteiger partial charge in [0.2, 0.25) is 11.8 Å². The van der Waals surface area contributed by atoms with Gasteiger partial charge in [0.05, 0.1) is 24.0 Å². The zero-order valence-corrected chi connectivity index (χ0v) is 22.3. The van der Waals surface area contributed by atoms with Crippen LogP contribution < -0.4 is 11.1 Å². The second kappa shape index (κ2) is 12.4. The minimum atomic E-state index is -0.821. The normalized spacial score (nSPS) is 16.4. The lowest BCUT2D eigenvalue weighted by Gasteiger charge is -2.23. The first-order valence-corrected chi connectivity index (χ1v) is 12.5. The topological polar surface area (TPSA) is 135 Å². The van der Waals surface area contributed by atoms with E-state index in [1.54, 1.807) is 24.3 Å². The SMILES string of the molecule is CC(C)C.CN(CC(=O)N1CC(C(=O)Nc2ccc(N)cc2)CC1C#N)C(=O)c1cc2c(F)cc(F)cc2[nH]1. The Morgan fingerprint density at radius 1 is 1.18 bits per heavy atom. The number of nitrogens with zero attached hydrogens (tertiary/aromatic N) is 3. The van der Waals surface area contributed by atoms with Gasteiger partial charge in [0.15, 0.2) is 0 Å². The molecule has 39 heavy (non-hydrogen) atoms. The molecule has 11 heteroatoms. The van der Waals surface area contributed by atoms with Gasteiger partial charge in [-0.2, -0.15) is 5.26 Å². The van der Waals surface area contributed by atoms with E-state index in [9.17, 15) is 28.4 Å². The number of likely N-dealkylation sites (tertiary alicyclic amines) is 1. The predicted octanol–water partition coefficient (Wildman–Crippen LogP) is 4.14. The number of H-pyrrole nitrogens is 1. The zero-order valence-electron chi connectivity index (χ0n) is 22.3. The minimum Gasteiger partial charge on any atom is -0.399 e. The molecule has 1 aliphatic heterocycles. The van der Waals surface area contributed by atoms with Crippen molar-refractivity contribution in [3.63, 3.8) is 0 Å². The lowest BCUT2D eigenvalue weighted by molar-refractivity contribution is -0.131. The number of hydrogen-bond donors (Lipinski definition) is 3. The van der Waals surface area contributed by atoms with Crippen molar-refractivity contribution in [1.29, 1.82) is 5.26 Å². The molecule has 2 atom stereocenters. The third-order valence-corrected chi connectivity index (χ3v) is 5.92. The summed E-state index contributed by atoms with van der Waals surface area (Å²) in [5.74, 6) is -2.82. The first-order valence-electron chi connectivity index (χ1n) is 12.5. The first-order chi connectivity index (χ1) is 18.4. The van der Waals surface area contributed by atoms with E-state index in [0.717, 1.165) is 16.9 Å². The first kappa shape index (κ1) is 29.1. The maximum Gasteiger partial charge on any atom is 0.270 e. The van der Waals surface area contributed by atoms with Gasteiger partial charge >= 0.3 is 0 Å². The van der Waals surface area contributed by atoms with Crippen molar-refractivity contribution in [2.75, 3.05) is 31.2 Å². The molecule has 0 bridgehead atoms. The van der Waals surface area contributed by atoms with E-state index >= 15 is 0 Å². The maximum absolute atomic E-state index is 14.0. The number of nitrogen functional groups attached to an aromatic ring is 1. The molecule has 2 aromatic carbocycles. The molecule has 1 aliphatic rings. The summed E-state index contributed by atoms with van der Waals surface area (Å²) < 4.78 is 27.4. The number of carbonyl (C=O) groups is 3. The van der Waals surface area contributed by atoms with Gasteiger partial charge in [0.25, 0.3) is 5.91 Å². The number of hydrogen-bond acceptors (Lipinski definition) is 5. The van der Waals surface area contributed by atoms with Gasteiger partial charge in [0, 0.05) is 36.4 Å². The minimum absolute atomic E-state index is 0.0150. The van der Waals surface area contributed by atoms with E-state index in [1.807, 2.05) is 6.07 Å². The molecule has 4 rings (SSSR count). The third kappa shape index (κ3) is 7.31. The molecule has 0 saturated carbocycles. The molecule has 0 aliphatic carbocycles. The number of benzene rings is 2. The van der Waals surface area contributed by atoms with Crippen LogP contribution in [0.15, 0.2) is 42.5 Å². The summed E-state index contributed by atoms with van der Waals surface area (Å²) in [4.78, 5) is 43.4. The second-order valence-corrected chi connectivity index (χ2v) is 10.2.